The Morgan fingerprint density at radius 2 is 1.83 bits per heavy atom. The summed E-state index contributed by atoms with van der Waals surface area (Å²) in [6.07, 6.45) is -2.35. The van der Waals surface area contributed by atoms with E-state index in [-0.39, 0.29) is 5.65 Å². The van der Waals surface area contributed by atoms with Crippen LogP contribution in [-0.2, 0) is 16.2 Å². The molecule has 0 amide bonds. The molecule has 2 aromatic rings. The summed E-state index contributed by atoms with van der Waals surface area (Å²) in [7, 11) is -3.24. The molecule has 0 saturated carbocycles. The molecule has 0 unspecified atom stereocenters. The number of alkyl halides is 3. The third-order valence-electron chi connectivity index (χ3n) is 3.37. The zero-order valence-electron chi connectivity index (χ0n) is 11.9. The van der Waals surface area contributed by atoms with Gasteiger partial charge in [0.05, 0.1) is 17.2 Å². The minimum Gasteiger partial charge on any atom is -0.345 e. The van der Waals surface area contributed by atoms with E-state index in [1.54, 1.807) is 0 Å². The molecular formula is C11H12F3N5O2S2. The van der Waals surface area contributed by atoms with Gasteiger partial charge in [-0.25, -0.2) is 18.4 Å². The molecule has 0 N–H and O–H groups in total. The second kappa shape index (κ2) is 5.53. The van der Waals surface area contributed by atoms with E-state index in [0.717, 1.165) is 12.5 Å². The largest absolute Gasteiger partial charge is 0.451 e. The number of hydrogen-bond acceptors (Lipinski definition) is 7. The standard InChI is InChI=1S/C11H12F3N5O2S2/c1-23(20,21)19-4-2-18(3-5-19)10-17-8-7(22-10)6-15-9(16-8)11(12,13)14/h6H,2-5H2,1H3. The SMILES string of the molecule is CS(=O)(=O)N1CCN(c2nc3nc(C(F)(F)F)ncc3s2)CC1. The Labute approximate surface area is 133 Å². The van der Waals surface area contributed by atoms with Crippen LogP contribution in [-0.4, -0.2) is 60.1 Å². The molecule has 3 rings (SSSR count). The molecule has 12 heteroatoms. The number of hydrogen-bond donors (Lipinski definition) is 0. The molecule has 2 aromatic heterocycles. The summed E-state index contributed by atoms with van der Waals surface area (Å²) in [6, 6.07) is 0. The normalized spacial score (nSPS) is 17.8. The highest BCUT2D eigenvalue weighted by molar-refractivity contribution is 7.88. The quantitative estimate of drug-likeness (QED) is 0.793. The predicted octanol–water partition coefficient (Wildman–Crippen LogP) is 1.19. The molecule has 1 fully saturated rings. The van der Waals surface area contributed by atoms with E-state index in [0.29, 0.717) is 36.0 Å². The van der Waals surface area contributed by atoms with Crippen LogP contribution in [0.2, 0.25) is 0 Å². The van der Waals surface area contributed by atoms with Gasteiger partial charge in [0, 0.05) is 26.2 Å². The van der Waals surface area contributed by atoms with E-state index in [4.69, 9.17) is 0 Å². The number of nitrogens with zero attached hydrogens (tertiary/aromatic N) is 5. The zero-order valence-corrected chi connectivity index (χ0v) is 13.5. The zero-order chi connectivity index (χ0) is 16.8. The number of aromatic nitrogens is 3. The molecule has 0 atom stereocenters. The van der Waals surface area contributed by atoms with Crippen LogP contribution >= 0.6 is 11.3 Å². The summed E-state index contributed by atoms with van der Waals surface area (Å²) in [5, 5.41) is 0.516. The Bertz CT molecular complexity index is 828. The van der Waals surface area contributed by atoms with Crippen molar-refractivity contribution >= 4 is 36.8 Å². The van der Waals surface area contributed by atoms with Crippen molar-refractivity contribution in [2.45, 2.75) is 6.18 Å². The minimum atomic E-state index is -4.61. The molecule has 3 heterocycles. The van der Waals surface area contributed by atoms with Crippen LogP contribution in [0.4, 0.5) is 18.3 Å². The number of sulfonamides is 1. The van der Waals surface area contributed by atoms with E-state index >= 15 is 0 Å². The number of thiazole rings is 1. The molecule has 0 spiro atoms. The molecule has 0 bridgehead atoms. The fraction of sp³-hybridized carbons (Fsp3) is 0.545. The molecule has 1 aliphatic rings. The highest BCUT2D eigenvalue weighted by atomic mass is 32.2. The molecule has 7 nitrogen and oxygen atoms in total. The second-order valence-electron chi connectivity index (χ2n) is 5.02. The predicted molar refractivity (Wildman–Crippen MR) is 78.8 cm³/mol. The number of rotatable bonds is 2. The van der Waals surface area contributed by atoms with E-state index < -0.39 is 22.0 Å². The van der Waals surface area contributed by atoms with Gasteiger partial charge in [0.25, 0.3) is 0 Å². The average molecular weight is 367 g/mol. The lowest BCUT2D eigenvalue weighted by atomic mass is 10.4. The average Bonchev–Trinajstić information content (AvgIpc) is 2.88. The van der Waals surface area contributed by atoms with Gasteiger partial charge >= 0.3 is 6.18 Å². The smallest absolute Gasteiger partial charge is 0.345 e. The lowest BCUT2D eigenvalue weighted by molar-refractivity contribution is -0.144. The van der Waals surface area contributed by atoms with Gasteiger partial charge in [-0.3, -0.25) is 0 Å². The molecule has 0 radical (unpaired) electrons. The summed E-state index contributed by atoms with van der Waals surface area (Å²) in [6.45, 7) is 1.47. The van der Waals surface area contributed by atoms with Crippen LogP contribution in [0.3, 0.4) is 0 Å². The maximum absolute atomic E-state index is 12.6. The van der Waals surface area contributed by atoms with Crippen molar-refractivity contribution in [2.24, 2.45) is 0 Å². The number of halogens is 3. The van der Waals surface area contributed by atoms with Gasteiger partial charge < -0.3 is 4.90 Å². The van der Waals surface area contributed by atoms with E-state index in [1.165, 1.54) is 15.6 Å². The summed E-state index contributed by atoms with van der Waals surface area (Å²) < 4.78 is 62.6. The Morgan fingerprint density at radius 1 is 1.17 bits per heavy atom. The summed E-state index contributed by atoms with van der Waals surface area (Å²) in [4.78, 5) is 12.7. The van der Waals surface area contributed by atoms with Crippen LogP contribution in [0.25, 0.3) is 10.3 Å². The van der Waals surface area contributed by atoms with E-state index in [1.807, 2.05) is 4.90 Å². The van der Waals surface area contributed by atoms with Crippen molar-refractivity contribution in [1.82, 2.24) is 19.3 Å². The first-order valence-electron chi connectivity index (χ1n) is 6.55. The Morgan fingerprint density at radius 3 is 2.39 bits per heavy atom. The Kier molecular flexibility index (Phi) is 3.92. The minimum absolute atomic E-state index is 0.00197. The fourth-order valence-corrected chi connectivity index (χ4v) is 3.96. The molecular weight excluding hydrogens is 355 g/mol. The summed E-state index contributed by atoms with van der Waals surface area (Å²) in [5.74, 6) is -1.22. The van der Waals surface area contributed by atoms with Gasteiger partial charge in [0.1, 0.15) is 0 Å². The number of piperazine rings is 1. The molecule has 0 aliphatic carbocycles. The number of anilines is 1. The van der Waals surface area contributed by atoms with Crippen molar-refractivity contribution in [2.75, 3.05) is 37.3 Å². The van der Waals surface area contributed by atoms with Crippen molar-refractivity contribution in [1.29, 1.82) is 0 Å². The molecule has 126 valence electrons. The second-order valence-corrected chi connectivity index (χ2v) is 8.02. The summed E-state index contributed by atoms with van der Waals surface area (Å²) >= 11 is 1.19. The number of fused-ring (bicyclic) bond motifs is 1. The lowest BCUT2D eigenvalue weighted by Gasteiger charge is -2.32. The molecule has 1 saturated heterocycles. The van der Waals surface area contributed by atoms with Crippen LogP contribution in [0.5, 0.6) is 0 Å². The third-order valence-corrected chi connectivity index (χ3v) is 5.71. The molecule has 23 heavy (non-hydrogen) atoms. The maximum Gasteiger partial charge on any atom is 0.451 e. The Balaban J connectivity index is 1.82. The van der Waals surface area contributed by atoms with Crippen molar-refractivity contribution in [3.05, 3.63) is 12.0 Å². The van der Waals surface area contributed by atoms with Crippen molar-refractivity contribution in [3.63, 3.8) is 0 Å². The highest BCUT2D eigenvalue weighted by Gasteiger charge is 2.35. The highest BCUT2D eigenvalue weighted by Crippen LogP contribution is 2.31. The van der Waals surface area contributed by atoms with Gasteiger partial charge in [-0.05, 0) is 0 Å². The lowest BCUT2D eigenvalue weighted by Crippen LogP contribution is -2.48. The van der Waals surface area contributed by atoms with Crippen molar-refractivity contribution < 1.29 is 21.6 Å². The monoisotopic (exact) mass is 367 g/mol. The van der Waals surface area contributed by atoms with Gasteiger partial charge in [0.2, 0.25) is 15.8 Å². The van der Waals surface area contributed by atoms with Crippen LogP contribution < -0.4 is 4.90 Å². The Hall–Kier alpha value is -1.53. The maximum atomic E-state index is 12.6. The van der Waals surface area contributed by atoms with Gasteiger partial charge in [-0.1, -0.05) is 11.3 Å². The van der Waals surface area contributed by atoms with Gasteiger partial charge in [0.15, 0.2) is 10.8 Å². The van der Waals surface area contributed by atoms with Crippen LogP contribution in [0, 0.1) is 0 Å². The first kappa shape index (κ1) is 16.3. The first-order chi connectivity index (χ1) is 10.6. The van der Waals surface area contributed by atoms with Crippen LogP contribution in [0.1, 0.15) is 5.82 Å². The van der Waals surface area contributed by atoms with E-state index in [9.17, 15) is 21.6 Å². The summed E-state index contributed by atoms with van der Waals surface area (Å²) in [5.41, 5.74) is -0.00197. The van der Waals surface area contributed by atoms with Gasteiger partial charge in [-0.2, -0.15) is 22.5 Å². The first-order valence-corrected chi connectivity index (χ1v) is 9.22. The molecule has 0 aromatic carbocycles. The topological polar surface area (TPSA) is 79.3 Å². The van der Waals surface area contributed by atoms with E-state index in [2.05, 4.69) is 15.0 Å². The third kappa shape index (κ3) is 3.38. The fourth-order valence-electron chi connectivity index (χ4n) is 2.21. The van der Waals surface area contributed by atoms with Crippen LogP contribution in [0.15, 0.2) is 6.20 Å². The van der Waals surface area contributed by atoms with Crippen molar-refractivity contribution in [3.8, 4) is 0 Å². The molecule has 1 aliphatic heterocycles. The van der Waals surface area contributed by atoms with Gasteiger partial charge in [-0.15, -0.1) is 0 Å².